The van der Waals surface area contributed by atoms with E-state index < -0.39 is 29.6 Å². The summed E-state index contributed by atoms with van der Waals surface area (Å²) in [6.45, 7) is 6.95. The highest BCUT2D eigenvalue weighted by atomic mass is 35.5. The van der Waals surface area contributed by atoms with Crippen LogP contribution in [-0.2, 0) is 25.7 Å². The van der Waals surface area contributed by atoms with Crippen LogP contribution in [0, 0.1) is 23.7 Å². The number of nitrogens with zero attached hydrogens (tertiary/aromatic N) is 1. The molecule has 0 aromatic heterocycles. The molecule has 1 saturated carbocycles. The summed E-state index contributed by atoms with van der Waals surface area (Å²) in [6.07, 6.45) is 6.15. The Hall–Kier alpha value is -3.36. The maximum absolute atomic E-state index is 14.4. The summed E-state index contributed by atoms with van der Waals surface area (Å²) in [7, 11) is 0. The Morgan fingerprint density at radius 3 is 2.62 bits per heavy atom. The predicted octanol–water partition coefficient (Wildman–Crippen LogP) is 4.97. The third kappa shape index (κ3) is 4.88. The van der Waals surface area contributed by atoms with Crippen molar-refractivity contribution in [1.82, 2.24) is 10.2 Å². The van der Waals surface area contributed by atoms with Crippen LogP contribution in [0.5, 0.6) is 5.75 Å². The zero-order valence-electron chi connectivity index (χ0n) is 24.2. The lowest BCUT2D eigenvalue weighted by Crippen LogP contribution is -2.57. The largest absolute Gasteiger partial charge is 0.494 e. The average Bonchev–Trinajstić information content (AvgIpc) is 3.61. The molecule has 0 unspecified atom stereocenters. The quantitative estimate of drug-likeness (QED) is 0.423. The first-order chi connectivity index (χ1) is 20.2. The molecule has 6 rings (SSSR count). The molecule has 222 valence electrons. The van der Waals surface area contributed by atoms with Crippen LogP contribution in [0.3, 0.4) is 0 Å². The zero-order valence-corrected chi connectivity index (χ0v) is 25.0. The molecule has 42 heavy (non-hydrogen) atoms. The van der Waals surface area contributed by atoms with Gasteiger partial charge >= 0.3 is 0 Å². The Bertz CT molecular complexity index is 1400. The van der Waals surface area contributed by atoms with Gasteiger partial charge in [0.2, 0.25) is 17.7 Å². The first-order valence-electron chi connectivity index (χ1n) is 15.0. The number of nitrogens with one attached hydrogen (secondary N) is 2. The molecular weight excluding hydrogens is 554 g/mol. The van der Waals surface area contributed by atoms with Gasteiger partial charge in [-0.3, -0.25) is 14.4 Å². The van der Waals surface area contributed by atoms with Gasteiger partial charge in [-0.2, -0.15) is 0 Å². The van der Waals surface area contributed by atoms with E-state index in [0.717, 1.165) is 24.8 Å². The average molecular weight is 592 g/mol. The van der Waals surface area contributed by atoms with Crippen LogP contribution in [0.25, 0.3) is 0 Å². The Kier molecular flexibility index (Phi) is 7.79. The number of likely N-dealkylation sites (tertiary alicyclic amines) is 1. The number of ether oxygens (including phenoxy) is 2. The highest BCUT2D eigenvalue weighted by Crippen LogP contribution is 2.55. The normalized spacial score (nSPS) is 33.0. The second-order valence-electron chi connectivity index (χ2n) is 12.1. The minimum Gasteiger partial charge on any atom is -0.494 e. The molecule has 2 aromatic rings. The van der Waals surface area contributed by atoms with Gasteiger partial charge in [0, 0.05) is 22.3 Å². The number of hydrogen-bond donors (Lipinski definition) is 2. The molecule has 0 radical (unpaired) electrons. The molecule has 3 fully saturated rings. The van der Waals surface area contributed by atoms with Crippen LogP contribution in [0.1, 0.15) is 45.6 Å². The summed E-state index contributed by atoms with van der Waals surface area (Å²) in [6, 6.07) is 13.5. The van der Waals surface area contributed by atoms with Crippen LogP contribution in [0.4, 0.5) is 5.69 Å². The Labute approximate surface area is 251 Å². The van der Waals surface area contributed by atoms with Gasteiger partial charge < -0.3 is 25.0 Å². The number of amides is 3. The maximum atomic E-state index is 14.4. The van der Waals surface area contributed by atoms with E-state index in [1.54, 1.807) is 29.2 Å². The smallest absolute Gasteiger partial charge is 0.246 e. The fraction of sp³-hybridized carbons (Fsp3) is 0.485. The zero-order chi connectivity index (χ0) is 29.6. The summed E-state index contributed by atoms with van der Waals surface area (Å²) in [5.41, 5.74) is 0.132. The molecule has 2 saturated heterocycles. The number of rotatable bonds is 8. The van der Waals surface area contributed by atoms with Gasteiger partial charge in [-0.05, 0) is 55.5 Å². The number of fused-ring (bicyclic) bond motifs is 1. The van der Waals surface area contributed by atoms with E-state index in [0.29, 0.717) is 34.9 Å². The Morgan fingerprint density at radius 1 is 1.10 bits per heavy atom. The van der Waals surface area contributed by atoms with Crippen LogP contribution >= 0.6 is 11.6 Å². The Balaban J connectivity index is 1.34. The molecule has 3 heterocycles. The highest BCUT2D eigenvalue weighted by Gasteiger charge is 2.72. The van der Waals surface area contributed by atoms with E-state index in [1.807, 2.05) is 43.3 Å². The Morgan fingerprint density at radius 2 is 1.86 bits per heavy atom. The maximum Gasteiger partial charge on any atom is 0.246 e. The SMILES string of the molecule is CCOc1ccccc1CN1C(=O)[C@@H]2[C@H](C(=O)Nc3ccc(Cl)cc3)[C@@H]3C=C[C@@]2(O3)[C@@H]1C(=O)N[C@@H]1CCC[C@H](C)[C@@H]1C. The number of halogens is 1. The molecule has 4 aliphatic rings. The van der Waals surface area contributed by atoms with Gasteiger partial charge in [0.05, 0.1) is 31.1 Å². The number of carbonyl (C=O) groups excluding carboxylic acids is 3. The van der Waals surface area contributed by atoms with Crippen molar-refractivity contribution < 1.29 is 23.9 Å². The summed E-state index contributed by atoms with van der Waals surface area (Å²) < 4.78 is 12.4. The van der Waals surface area contributed by atoms with Crippen molar-refractivity contribution in [3.8, 4) is 5.75 Å². The second kappa shape index (κ2) is 11.4. The van der Waals surface area contributed by atoms with E-state index >= 15 is 0 Å². The van der Waals surface area contributed by atoms with Gasteiger partial charge in [0.25, 0.3) is 0 Å². The summed E-state index contributed by atoms with van der Waals surface area (Å²) >= 11 is 6.03. The van der Waals surface area contributed by atoms with Gasteiger partial charge in [-0.25, -0.2) is 0 Å². The predicted molar refractivity (Wildman–Crippen MR) is 160 cm³/mol. The molecule has 3 aliphatic heterocycles. The van der Waals surface area contributed by atoms with Gasteiger partial charge in [-0.1, -0.05) is 68.6 Å². The molecule has 1 spiro atoms. The van der Waals surface area contributed by atoms with Crippen LogP contribution in [-0.4, -0.2) is 53.0 Å². The fourth-order valence-corrected chi connectivity index (χ4v) is 7.48. The van der Waals surface area contributed by atoms with Crippen molar-refractivity contribution in [2.24, 2.45) is 23.7 Å². The van der Waals surface area contributed by atoms with Crippen LogP contribution in [0.2, 0.25) is 5.02 Å². The van der Waals surface area contributed by atoms with E-state index in [4.69, 9.17) is 21.1 Å². The monoisotopic (exact) mass is 591 g/mol. The van der Waals surface area contributed by atoms with Crippen LogP contribution < -0.4 is 15.4 Å². The number of carbonyl (C=O) groups is 3. The number of anilines is 1. The van der Waals surface area contributed by atoms with Crippen molar-refractivity contribution in [2.75, 3.05) is 11.9 Å². The lowest BCUT2D eigenvalue weighted by atomic mass is 9.73. The molecule has 9 heteroatoms. The van der Waals surface area contributed by atoms with Crippen LogP contribution in [0.15, 0.2) is 60.7 Å². The molecule has 2 N–H and O–H groups in total. The lowest BCUT2D eigenvalue weighted by Gasteiger charge is -2.38. The molecule has 8 nitrogen and oxygen atoms in total. The molecule has 3 amide bonds. The molecule has 8 atom stereocenters. The first kappa shape index (κ1) is 28.7. The van der Waals surface area contributed by atoms with Crippen molar-refractivity contribution >= 4 is 35.0 Å². The van der Waals surface area contributed by atoms with E-state index in [-0.39, 0.29) is 30.3 Å². The third-order valence-electron chi connectivity index (χ3n) is 9.68. The molecular formula is C33H38ClN3O5. The standard InChI is InChI=1S/C33H38ClN3O5/c1-4-41-25-11-6-5-9-21(25)18-37-29(31(39)36-24-10-7-8-19(2)20(24)3)33-17-16-26(42-33)27(28(33)32(37)40)30(38)35-23-14-12-22(34)13-15-23/h5-6,9,11-17,19-20,24,26-29H,4,7-8,10,18H2,1-3H3,(H,35,38)(H,36,39)/t19-,20-,24+,26-,27+,28-,29-,33-/m0/s1. The minimum absolute atomic E-state index is 0.0101. The molecule has 2 aromatic carbocycles. The summed E-state index contributed by atoms with van der Waals surface area (Å²) in [5.74, 6) is -0.981. The summed E-state index contributed by atoms with van der Waals surface area (Å²) in [5, 5.41) is 6.80. The molecule has 2 bridgehead atoms. The van der Waals surface area contributed by atoms with Crippen molar-refractivity contribution in [2.45, 2.75) is 70.4 Å². The second-order valence-corrected chi connectivity index (χ2v) is 12.5. The lowest BCUT2D eigenvalue weighted by molar-refractivity contribution is -0.142. The number of para-hydroxylation sites is 1. The summed E-state index contributed by atoms with van der Waals surface area (Å²) in [4.78, 5) is 44.0. The highest BCUT2D eigenvalue weighted by molar-refractivity contribution is 6.30. The topological polar surface area (TPSA) is 97.0 Å². The van der Waals surface area contributed by atoms with E-state index in [9.17, 15) is 14.4 Å². The number of benzene rings is 2. The van der Waals surface area contributed by atoms with Gasteiger partial charge in [0.1, 0.15) is 17.4 Å². The van der Waals surface area contributed by atoms with E-state index in [2.05, 4.69) is 24.5 Å². The third-order valence-corrected chi connectivity index (χ3v) is 9.94. The minimum atomic E-state index is -1.24. The van der Waals surface area contributed by atoms with Crippen molar-refractivity contribution in [3.05, 3.63) is 71.3 Å². The van der Waals surface area contributed by atoms with Gasteiger partial charge in [-0.15, -0.1) is 0 Å². The van der Waals surface area contributed by atoms with Crippen molar-refractivity contribution in [3.63, 3.8) is 0 Å². The number of hydrogen-bond acceptors (Lipinski definition) is 5. The fourth-order valence-electron chi connectivity index (χ4n) is 7.36. The van der Waals surface area contributed by atoms with Crippen molar-refractivity contribution in [1.29, 1.82) is 0 Å². The first-order valence-corrected chi connectivity index (χ1v) is 15.4. The van der Waals surface area contributed by atoms with Gasteiger partial charge in [0.15, 0.2) is 0 Å². The van der Waals surface area contributed by atoms with E-state index in [1.165, 1.54) is 0 Å². The molecule has 1 aliphatic carbocycles.